The van der Waals surface area contributed by atoms with Crippen molar-refractivity contribution in [3.8, 4) is 23.0 Å². The van der Waals surface area contributed by atoms with Crippen LogP contribution in [-0.2, 0) is 0 Å². The number of rotatable bonds is 5. The third-order valence-corrected chi connectivity index (χ3v) is 6.24. The van der Waals surface area contributed by atoms with Gasteiger partial charge < -0.3 is 20.9 Å². The number of aliphatic hydroxyl groups is 1. The van der Waals surface area contributed by atoms with Gasteiger partial charge in [-0.1, -0.05) is 24.2 Å². The van der Waals surface area contributed by atoms with E-state index in [-0.39, 0.29) is 12.1 Å². The number of pyridine rings is 1. The van der Waals surface area contributed by atoms with Crippen molar-refractivity contribution >= 4 is 32.5 Å². The van der Waals surface area contributed by atoms with E-state index in [1.54, 1.807) is 35.9 Å². The summed E-state index contributed by atoms with van der Waals surface area (Å²) in [7, 11) is 0. The Morgan fingerprint density at radius 3 is 2.81 bits per heavy atom. The summed E-state index contributed by atoms with van der Waals surface area (Å²) < 4.78 is 6.97. The van der Waals surface area contributed by atoms with Crippen molar-refractivity contribution in [2.75, 3.05) is 11.1 Å². The molecule has 4 aromatic rings. The van der Waals surface area contributed by atoms with Crippen molar-refractivity contribution in [1.82, 2.24) is 19.9 Å². The summed E-state index contributed by atoms with van der Waals surface area (Å²) in [6.45, 7) is 0. The Labute approximate surface area is 183 Å². The van der Waals surface area contributed by atoms with Crippen LogP contribution in [0.15, 0.2) is 48.8 Å². The highest BCUT2D eigenvalue weighted by atomic mass is 32.1. The highest BCUT2D eigenvalue weighted by Crippen LogP contribution is 2.32. The van der Waals surface area contributed by atoms with Gasteiger partial charge >= 0.3 is 0 Å². The lowest BCUT2D eigenvalue weighted by atomic mass is 9.93. The molecule has 8 nitrogen and oxygen atoms in total. The average molecular weight is 435 g/mol. The molecular weight excluding hydrogens is 412 g/mol. The lowest BCUT2D eigenvalue weighted by Gasteiger charge is -2.27. The van der Waals surface area contributed by atoms with Gasteiger partial charge in [-0.15, -0.1) is 0 Å². The summed E-state index contributed by atoms with van der Waals surface area (Å²) in [6, 6.07) is 11.0. The molecule has 0 bridgehead atoms. The quantitative estimate of drug-likeness (QED) is 0.427. The van der Waals surface area contributed by atoms with Crippen LogP contribution in [0.1, 0.15) is 25.7 Å². The number of benzene rings is 1. The van der Waals surface area contributed by atoms with Crippen molar-refractivity contribution in [2.24, 2.45) is 0 Å². The standard InChI is InChI=1S/C22H22N6O2S/c23-19-8-5-13(12-25-19)21-24-10-9-20(28-21)30-14-6-7-16-18(11-14)31-22(27-16)26-15-3-1-2-4-17(15)29/h5-12,15,17,29H,1-4H2,(H2,23,25)(H,26,27)/t15-,17-/m1/s1. The molecule has 3 aromatic heterocycles. The molecule has 0 saturated heterocycles. The second-order valence-corrected chi connectivity index (χ2v) is 8.57. The maximum Gasteiger partial charge on any atom is 0.222 e. The van der Waals surface area contributed by atoms with Crippen molar-refractivity contribution < 1.29 is 9.84 Å². The van der Waals surface area contributed by atoms with Crippen molar-refractivity contribution in [3.63, 3.8) is 0 Å². The van der Waals surface area contributed by atoms with E-state index in [0.717, 1.165) is 46.6 Å². The molecule has 4 N–H and O–H groups in total. The number of ether oxygens (including phenoxy) is 1. The molecule has 9 heteroatoms. The van der Waals surface area contributed by atoms with Gasteiger partial charge in [0.15, 0.2) is 11.0 Å². The topological polar surface area (TPSA) is 119 Å². The van der Waals surface area contributed by atoms with Gasteiger partial charge in [0.05, 0.1) is 22.4 Å². The molecular formula is C22H22N6O2S. The third kappa shape index (κ3) is 4.42. The Morgan fingerprint density at radius 1 is 1.06 bits per heavy atom. The lowest BCUT2D eigenvalue weighted by molar-refractivity contribution is 0.116. The van der Waals surface area contributed by atoms with Gasteiger partial charge in [-0.25, -0.2) is 15.0 Å². The van der Waals surface area contributed by atoms with E-state index in [0.29, 0.717) is 23.3 Å². The Balaban J connectivity index is 1.34. The number of nitrogens with two attached hydrogens (primary N) is 1. The normalized spacial score (nSPS) is 18.7. The van der Waals surface area contributed by atoms with Crippen LogP contribution >= 0.6 is 11.3 Å². The molecule has 158 valence electrons. The Hall–Kier alpha value is -3.30. The molecule has 3 heterocycles. The van der Waals surface area contributed by atoms with E-state index >= 15 is 0 Å². The first-order valence-corrected chi connectivity index (χ1v) is 11.0. The van der Waals surface area contributed by atoms with Crippen LogP contribution in [0.4, 0.5) is 10.9 Å². The van der Waals surface area contributed by atoms with Crippen LogP contribution in [0.5, 0.6) is 11.6 Å². The van der Waals surface area contributed by atoms with Gasteiger partial charge in [-0.3, -0.25) is 0 Å². The van der Waals surface area contributed by atoms with E-state index < -0.39 is 0 Å². The summed E-state index contributed by atoms with van der Waals surface area (Å²) in [5.74, 6) is 2.07. The Bertz CT molecular complexity index is 1200. The van der Waals surface area contributed by atoms with Crippen LogP contribution in [0.2, 0.25) is 0 Å². The Kier molecular flexibility index (Phi) is 5.35. The largest absolute Gasteiger partial charge is 0.439 e. The van der Waals surface area contributed by atoms with Gasteiger partial charge in [0.25, 0.3) is 0 Å². The average Bonchev–Trinajstić information content (AvgIpc) is 3.18. The molecule has 0 amide bonds. The molecule has 1 aromatic carbocycles. The minimum absolute atomic E-state index is 0.0623. The first-order valence-electron chi connectivity index (χ1n) is 10.2. The number of hydrogen-bond donors (Lipinski definition) is 3. The molecule has 1 aliphatic carbocycles. The lowest BCUT2D eigenvalue weighted by Crippen LogP contribution is -2.36. The van der Waals surface area contributed by atoms with Gasteiger partial charge in [0, 0.05) is 30.1 Å². The van der Waals surface area contributed by atoms with E-state index in [1.165, 1.54) is 0 Å². The fraction of sp³-hybridized carbons (Fsp3) is 0.273. The summed E-state index contributed by atoms with van der Waals surface area (Å²) in [4.78, 5) is 17.5. The maximum absolute atomic E-state index is 10.2. The Morgan fingerprint density at radius 2 is 1.97 bits per heavy atom. The van der Waals surface area contributed by atoms with Crippen molar-refractivity contribution in [2.45, 2.75) is 37.8 Å². The van der Waals surface area contributed by atoms with Crippen LogP contribution in [0.25, 0.3) is 21.6 Å². The van der Waals surface area contributed by atoms with Gasteiger partial charge in [-0.2, -0.15) is 4.98 Å². The molecule has 5 rings (SSSR count). The second kappa shape index (κ2) is 8.44. The minimum atomic E-state index is -0.317. The minimum Gasteiger partial charge on any atom is -0.439 e. The molecule has 1 aliphatic rings. The summed E-state index contributed by atoms with van der Waals surface area (Å²) in [5, 5.41) is 14.4. The number of nitrogen functional groups attached to an aromatic ring is 1. The van der Waals surface area contributed by atoms with Crippen LogP contribution in [-0.4, -0.2) is 37.2 Å². The molecule has 0 aliphatic heterocycles. The predicted octanol–water partition coefficient (Wildman–Crippen LogP) is 4.24. The fourth-order valence-electron chi connectivity index (χ4n) is 3.66. The molecule has 0 unspecified atom stereocenters. The van der Waals surface area contributed by atoms with Gasteiger partial charge in [0.1, 0.15) is 11.6 Å². The van der Waals surface area contributed by atoms with E-state index in [2.05, 4.69) is 25.3 Å². The predicted molar refractivity (Wildman–Crippen MR) is 121 cm³/mol. The summed E-state index contributed by atoms with van der Waals surface area (Å²) in [5.41, 5.74) is 7.30. The van der Waals surface area contributed by atoms with Gasteiger partial charge in [0.2, 0.25) is 5.88 Å². The van der Waals surface area contributed by atoms with E-state index in [1.807, 2.05) is 24.3 Å². The number of aromatic nitrogens is 4. The zero-order chi connectivity index (χ0) is 21.2. The zero-order valence-corrected chi connectivity index (χ0v) is 17.5. The second-order valence-electron chi connectivity index (χ2n) is 7.54. The number of aliphatic hydroxyl groups excluding tert-OH is 1. The monoisotopic (exact) mass is 434 g/mol. The first-order chi connectivity index (χ1) is 15.1. The molecule has 0 radical (unpaired) electrons. The molecule has 1 saturated carbocycles. The zero-order valence-electron chi connectivity index (χ0n) is 16.7. The number of fused-ring (bicyclic) bond motifs is 1. The number of nitrogens with one attached hydrogen (secondary N) is 1. The fourth-order valence-corrected chi connectivity index (χ4v) is 4.62. The van der Waals surface area contributed by atoms with Crippen LogP contribution < -0.4 is 15.8 Å². The third-order valence-electron chi connectivity index (χ3n) is 5.30. The van der Waals surface area contributed by atoms with Crippen molar-refractivity contribution in [1.29, 1.82) is 0 Å². The molecule has 2 atom stereocenters. The SMILES string of the molecule is Nc1ccc(-c2nccc(Oc3ccc4nc(N[C@@H]5CCCC[C@H]5O)sc4c3)n2)cn1. The molecule has 31 heavy (non-hydrogen) atoms. The number of thiazole rings is 1. The first kappa shape index (κ1) is 19.7. The maximum atomic E-state index is 10.2. The smallest absolute Gasteiger partial charge is 0.222 e. The highest BCUT2D eigenvalue weighted by molar-refractivity contribution is 7.22. The molecule has 1 fully saturated rings. The molecule has 0 spiro atoms. The number of hydrogen-bond acceptors (Lipinski definition) is 9. The van der Waals surface area contributed by atoms with E-state index in [9.17, 15) is 5.11 Å². The summed E-state index contributed by atoms with van der Waals surface area (Å²) in [6.07, 6.45) is 6.98. The van der Waals surface area contributed by atoms with Crippen LogP contribution in [0.3, 0.4) is 0 Å². The van der Waals surface area contributed by atoms with Crippen LogP contribution in [0, 0.1) is 0 Å². The number of nitrogens with zero attached hydrogens (tertiary/aromatic N) is 4. The van der Waals surface area contributed by atoms with Crippen molar-refractivity contribution in [3.05, 3.63) is 48.8 Å². The number of anilines is 2. The van der Waals surface area contributed by atoms with Gasteiger partial charge in [-0.05, 0) is 37.1 Å². The van der Waals surface area contributed by atoms with E-state index in [4.69, 9.17) is 10.5 Å². The summed E-state index contributed by atoms with van der Waals surface area (Å²) >= 11 is 1.55. The highest BCUT2D eigenvalue weighted by Gasteiger charge is 2.23.